The van der Waals surface area contributed by atoms with Gasteiger partial charge in [-0.3, -0.25) is 4.79 Å². The average Bonchev–Trinajstić information content (AvgIpc) is 2.39. The first-order valence-electron chi connectivity index (χ1n) is 5.94. The molecule has 1 aromatic rings. The standard InChI is InChI=1S/C13H17FN2O4/c1-8(6-19-2)16-12(17)7-20-13(18)9-3-4-10(14)11(15)5-9/h3-5,8H,6-7,15H2,1-2H3,(H,16,17). The molecule has 1 atom stereocenters. The minimum atomic E-state index is -0.744. The normalized spacial score (nSPS) is 11.8. The average molecular weight is 284 g/mol. The van der Waals surface area contributed by atoms with Crippen LogP contribution in [0.15, 0.2) is 18.2 Å². The van der Waals surface area contributed by atoms with E-state index in [9.17, 15) is 14.0 Å². The molecule has 0 heterocycles. The molecule has 7 heteroatoms. The molecule has 0 bridgehead atoms. The highest BCUT2D eigenvalue weighted by Gasteiger charge is 2.13. The summed E-state index contributed by atoms with van der Waals surface area (Å²) < 4.78 is 22.6. The first kappa shape index (κ1) is 15.9. The van der Waals surface area contributed by atoms with E-state index < -0.39 is 24.3 Å². The lowest BCUT2D eigenvalue weighted by atomic mass is 10.2. The topological polar surface area (TPSA) is 90.6 Å². The van der Waals surface area contributed by atoms with Crippen molar-refractivity contribution in [1.82, 2.24) is 5.32 Å². The SMILES string of the molecule is COCC(C)NC(=O)COC(=O)c1ccc(F)c(N)c1. The van der Waals surface area contributed by atoms with Crippen LogP contribution in [0.2, 0.25) is 0 Å². The van der Waals surface area contributed by atoms with Gasteiger partial charge in [0.15, 0.2) is 6.61 Å². The molecule has 0 aromatic heterocycles. The fraction of sp³-hybridized carbons (Fsp3) is 0.385. The quantitative estimate of drug-likeness (QED) is 0.593. The number of carbonyl (C=O) groups is 2. The summed E-state index contributed by atoms with van der Waals surface area (Å²) in [6.45, 7) is 1.68. The first-order valence-corrected chi connectivity index (χ1v) is 5.94. The van der Waals surface area contributed by atoms with E-state index in [-0.39, 0.29) is 17.3 Å². The van der Waals surface area contributed by atoms with E-state index in [4.69, 9.17) is 15.2 Å². The smallest absolute Gasteiger partial charge is 0.338 e. The third kappa shape index (κ3) is 4.85. The number of anilines is 1. The lowest BCUT2D eigenvalue weighted by Gasteiger charge is -2.12. The van der Waals surface area contributed by atoms with Crippen LogP contribution in [0.25, 0.3) is 0 Å². The summed E-state index contributed by atoms with van der Waals surface area (Å²) in [5, 5.41) is 2.58. The zero-order valence-electron chi connectivity index (χ0n) is 11.3. The summed E-state index contributed by atoms with van der Waals surface area (Å²) in [4.78, 5) is 23.1. The predicted molar refractivity (Wildman–Crippen MR) is 70.6 cm³/mol. The fourth-order valence-corrected chi connectivity index (χ4v) is 1.49. The highest BCUT2D eigenvalue weighted by molar-refractivity contribution is 5.92. The van der Waals surface area contributed by atoms with Crippen LogP contribution < -0.4 is 11.1 Å². The second-order valence-corrected chi connectivity index (χ2v) is 4.24. The number of carbonyl (C=O) groups excluding carboxylic acids is 2. The molecular weight excluding hydrogens is 267 g/mol. The molecule has 0 spiro atoms. The molecule has 3 N–H and O–H groups in total. The molecular formula is C13H17FN2O4. The molecule has 1 aromatic carbocycles. The van der Waals surface area contributed by atoms with E-state index in [0.29, 0.717) is 6.61 Å². The van der Waals surface area contributed by atoms with Crippen LogP contribution in [-0.2, 0) is 14.3 Å². The van der Waals surface area contributed by atoms with Crippen molar-refractivity contribution in [3.63, 3.8) is 0 Å². The van der Waals surface area contributed by atoms with Gasteiger partial charge < -0.3 is 20.5 Å². The van der Waals surface area contributed by atoms with Gasteiger partial charge in [-0.05, 0) is 25.1 Å². The maximum atomic E-state index is 12.9. The van der Waals surface area contributed by atoms with Crippen molar-refractivity contribution in [2.45, 2.75) is 13.0 Å². The molecule has 6 nitrogen and oxygen atoms in total. The number of nitrogen functional groups attached to an aromatic ring is 1. The summed E-state index contributed by atoms with van der Waals surface area (Å²) in [6.07, 6.45) is 0. The van der Waals surface area contributed by atoms with E-state index in [1.807, 2.05) is 0 Å². The first-order chi connectivity index (χ1) is 9.43. The van der Waals surface area contributed by atoms with Gasteiger partial charge in [-0.1, -0.05) is 0 Å². The number of esters is 1. The van der Waals surface area contributed by atoms with Crippen LogP contribution in [-0.4, -0.2) is 38.2 Å². The number of nitrogens with two attached hydrogens (primary N) is 1. The molecule has 0 aliphatic carbocycles. The molecule has 0 saturated carbocycles. The zero-order chi connectivity index (χ0) is 15.1. The number of hydrogen-bond donors (Lipinski definition) is 2. The Kier molecular flexibility index (Phi) is 5.92. The molecule has 0 aliphatic heterocycles. The van der Waals surface area contributed by atoms with Crippen LogP contribution >= 0.6 is 0 Å². The Balaban J connectivity index is 2.46. The minimum Gasteiger partial charge on any atom is -0.452 e. The molecule has 20 heavy (non-hydrogen) atoms. The number of ether oxygens (including phenoxy) is 2. The predicted octanol–water partition coefficient (Wildman–Crippen LogP) is 0.716. The number of methoxy groups -OCH3 is 1. The lowest BCUT2D eigenvalue weighted by molar-refractivity contribution is -0.125. The molecule has 1 rings (SSSR count). The van der Waals surface area contributed by atoms with Gasteiger partial charge in [0.05, 0.1) is 17.9 Å². The lowest BCUT2D eigenvalue weighted by Crippen LogP contribution is -2.38. The Hall–Kier alpha value is -2.15. The Labute approximate surface area is 116 Å². The van der Waals surface area contributed by atoms with Gasteiger partial charge in [-0.2, -0.15) is 0 Å². The van der Waals surface area contributed by atoms with Crippen molar-refractivity contribution in [1.29, 1.82) is 0 Å². The monoisotopic (exact) mass is 284 g/mol. The molecule has 0 fully saturated rings. The third-order valence-corrected chi connectivity index (χ3v) is 2.39. The highest BCUT2D eigenvalue weighted by Crippen LogP contribution is 2.12. The summed E-state index contributed by atoms with van der Waals surface area (Å²) in [5.74, 6) is -1.81. The maximum absolute atomic E-state index is 12.9. The van der Waals surface area contributed by atoms with Crippen LogP contribution in [0.5, 0.6) is 0 Å². The van der Waals surface area contributed by atoms with Crippen LogP contribution in [0.3, 0.4) is 0 Å². The highest BCUT2D eigenvalue weighted by atomic mass is 19.1. The Morgan fingerprint density at radius 2 is 2.15 bits per heavy atom. The third-order valence-electron chi connectivity index (χ3n) is 2.39. The number of hydrogen-bond acceptors (Lipinski definition) is 5. The number of halogens is 1. The number of benzene rings is 1. The van der Waals surface area contributed by atoms with Crippen LogP contribution in [0.4, 0.5) is 10.1 Å². The van der Waals surface area contributed by atoms with E-state index in [2.05, 4.69) is 5.32 Å². The number of rotatable bonds is 6. The zero-order valence-corrected chi connectivity index (χ0v) is 11.3. The molecule has 1 unspecified atom stereocenters. The maximum Gasteiger partial charge on any atom is 0.338 e. The van der Waals surface area contributed by atoms with Gasteiger partial charge in [0.2, 0.25) is 0 Å². The Morgan fingerprint density at radius 3 is 2.75 bits per heavy atom. The van der Waals surface area contributed by atoms with Crippen LogP contribution in [0.1, 0.15) is 17.3 Å². The van der Waals surface area contributed by atoms with Gasteiger partial charge >= 0.3 is 5.97 Å². The molecule has 0 radical (unpaired) electrons. The van der Waals surface area contributed by atoms with Gasteiger partial charge in [-0.15, -0.1) is 0 Å². The van der Waals surface area contributed by atoms with Crippen LogP contribution in [0, 0.1) is 5.82 Å². The summed E-state index contributed by atoms with van der Waals surface area (Å²) >= 11 is 0. The van der Waals surface area contributed by atoms with Gasteiger partial charge in [0.1, 0.15) is 5.82 Å². The van der Waals surface area contributed by atoms with E-state index in [0.717, 1.165) is 12.1 Å². The fourth-order valence-electron chi connectivity index (χ4n) is 1.49. The van der Waals surface area contributed by atoms with Gasteiger partial charge in [0.25, 0.3) is 5.91 Å². The van der Waals surface area contributed by atoms with Gasteiger partial charge in [0, 0.05) is 13.2 Å². The summed E-state index contributed by atoms with van der Waals surface area (Å²) in [7, 11) is 1.52. The Morgan fingerprint density at radius 1 is 1.45 bits per heavy atom. The minimum absolute atomic E-state index is 0.0849. The second-order valence-electron chi connectivity index (χ2n) is 4.24. The van der Waals surface area contributed by atoms with E-state index in [1.54, 1.807) is 6.92 Å². The largest absolute Gasteiger partial charge is 0.452 e. The molecule has 0 saturated heterocycles. The number of nitrogens with one attached hydrogen (secondary N) is 1. The molecule has 1 amide bonds. The summed E-state index contributed by atoms with van der Waals surface area (Å²) in [6, 6.07) is 3.27. The summed E-state index contributed by atoms with van der Waals surface area (Å²) in [5.41, 5.74) is 5.27. The second kappa shape index (κ2) is 7.44. The van der Waals surface area contributed by atoms with Crippen molar-refractivity contribution >= 4 is 17.6 Å². The van der Waals surface area contributed by atoms with Gasteiger partial charge in [-0.25, -0.2) is 9.18 Å². The van der Waals surface area contributed by atoms with E-state index >= 15 is 0 Å². The van der Waals surface area contributed by atoms with Crippen molar-refractivity contribution in [3.05, 3.63) is 29.6 Å². The number of amides is 1. The van der Waals surface area contributed by atoms with Crippen molar-refractivity contribution in [2.24, 2.45) is 0 Å². The molecule has 110 valence electrons. The van der Waals surface area contributed by atoms with Crippen molar-refractivity contribution < 1.29 is 23.5 Å². The van der Waals surface area contributed by atoms with Crippen molar-refractivity contribution in [2.75, 3.05) is 26.1 Å². The van der Waals surface area contributed by atoms with Crippen molar-refractivity contribution in [3.8, 4) is 0 Å². The van der Waals surface area contributed by atoms with E-state index in [1.165, 1.54) is 13.2 Å². The molecule has 0 aliphatic rings. The Bertz CT molecular complexity index is 493.